The summed E-state index contributed by atoms with van der Waals surface area (Å²) in [5.41, 5.74) is 2.28. The Bertz CT molecular complexity index is 949. The molecule has 1 saturated heterocycles. The van der Waals surface area contributed by atoms with Crippen LogP contribution in [0.5, 0.6) is 5.75 Å². The first kappa shape index (κ1) is 17.0. The van der Waals surface area contributed by atoms with E-state index < -0.39 is 6.10 Å². The molecule has 2 heterocycles. The van der Waals surface area contributed by atoms with Crippen molar-refractivity contribution in [1.82, 2.24) is 4.90 Å². The number of nitrogens with zero attached hydrogens (tertiary/aromatic N) is 2. The van der Waals surface area contributed by atoms with E-state index >= 15 is 0 Å². The molecule has 1 aliphatic heterocycles. The van der Waals surface area contributed by atoms with Crippen molar-refractivity contribution in [1.29, 1.82) is 5.26 Å². The highest BCUT2D eigenvalue weighted by Gasteiger charge is 2.34. The highest BCUT2D eigenvalue weighted by molar-refractivity contribution is 5.89. The molecule has 2 aromatic rings. The monoisotopic (exact) mass is 340 g/mol. The number of rotatable bonds is 3. The van der Waals surface area contributed by atoms with Crippen LogP contribution in [0.15, 0.2) is 21.3 Å². The molecule has 0 spiro atoms. The zero-order chi connectivity index (χ0) is 18.3. The molecule has 1 fully saturated rings. The molecule has 0 N–H and O–H groups in total. The van der Waals surface area contributed by atoms with Crippen molar-refractivity contribution >= 4 is 16.9 Å². The molecule has 0 aliphatic carbocycles. The van der Waals surface area contributed by atoms with E-state index in [-0.39, 0.29) is 17.5 Å². The second kappa shape index (κ2) is 6.25. The Morgan fingerprint density at radius 2 is 2.00 bits per heavy atom. The lowest BCUT2D eigenvalue weighted by atomic mass is 10.0. The van der Waals surface area contributed by atoms with Crippen molar-refractivity contribution in [3.63, 3.8) is 0 Å². The van der Waals surface area contributed by atoms with Crippen LogP contribution in [0.1, 0.15) is 23.6 Å². The molecule has 0 saturated carbocycles. The zero-order valence-corrected chi connectivity index (χ0v) is 14.8. The third-order valence-corrected chi connectivity index (χ3v) is 4.68. The summed E-state index contributed by atoms with van der Waals surface area (Å²) in [4.78, 5) is 26.0. The van der Waals surface area contributed by atoms with Crippen LogP contribution in [0, 0.1) is 38.0 Å². The maximum atomic E-state index is 12.4. The van der Waals surface area contributed by atoms with E-state index in [1.54, 1.807) is 24.8 Å². The zero-order valence-electron chi connectivity index (χ0n) is 14.8. The fourth-order valence-electron chi connectivity index (χ4n) is 3.02. The van der Waals surface area contributed by atoms with Crippen molar-refractivity contribution in [3.8, 4) is 11.8 Å². The normalized spacial score (nSPS) is 15.6. The largest absolute Gasteiger partial charge is 0.480 e. The Hall–Kier alpha value is -2.81. The Kier molecular flexibility index (Phi) is 4.25. The van der Waals surface area contributed by atoms with Gasteiger partial charge in [-0.2, -0.15) is 5.26 Å². The maximum absolute atomic E-state index is 12.4. The molecule has 1 atom stereocenters. The van der Waals surface area contributed by atoms with Gasteiger partial charge in [-0.15, -0.1) is 0 Å². The molecule has 25 heavy (non-hydrogen) atoms. The van der Waals surface area contributed by atoms with Gasteiger partial charge in [0, 0.05) is 18.7 Å². The molecule has 1 aromatic carbocycles. The summed E-state index contributed by atoms with van der Waals surface area (Å²) in [6, 6.07) is 5.78. The van der Waals surface area contributed by atoms with Gasteiger partial charge in [0.05, 0.1) is 17.4 Å². The molecule has 1 aromatic heterocycles. The van der Waals surface area contributed by atoms with E-state index in [0.717, 1.165) is 11.1 Å². The molecule has 1 unspecified atom stereocenters. The van der Waals surface area contributed by atoms with Gasteiger partial charge >= 0.3 is 5.63 Å². The molecule has 1 amide bonds. The highest BCUT2D eigenvalue weighted by atomic mass is 16.5. The number of amides is 1. The number of hydrogen-bond acceptors (Lipinski definition) is 5. The number of carbonyl (C=O) groups is 1. The summed E-state index contributed by atoms with van der Waals surface area (Å²) in [5.74, 6) is 0.292. The van der Waals surface area contributed by atoms with E-state index in [1.165, 1.54) is 0 Å². The van der Waals surface area contributed by atoms with Crippen molar-refractivity contribution in [3.05, 3.63) is 39.2 Å². The Morgan fingerprint density at radius 3 is 2.64 bits per heavy atom. The van der Waals surface area contributed by atoms with E-state index in [4.69, 9.17) is 14.4 Å². The summed E-state index contributed by atoms with van der Waals surface area (Å²) in [7, 11) is 0. The Labute approximate surface area is 145 Å². The second-order valence-electron chi connectivity index (χ2n) is 6.61. The van der Waals surface area contributed by atoms with Crippen molar-refractivity contribution in [2.75, 3.05) is 13.1 Å². The van der Waals surface area contributed by atoms with Crippen molar-refractivity contribution in [2.45, 2.75) is 33.8 Å². The average Bonchev–Trinajstić information content (AvgIpc) is 2.50. The van der Waals surface area contributed by atoms with Crippen LogP contribution < -0.4 is 10.4 Å². The standard InChI is InChI=1S/C19H20N2O4/c1-10-5-15(17-11(2)12(3)19(23)25-16(17)6-10)24-13(4)18(22)21-8-14(7-20)9-21/h5-6,13-14H,8-9H2,1-4H3. The lowest BCUT2D eigenvalue weighted by molar-refractivity contribution is -0.143. The van der Waals surface area contributed by atoms with Gasteiger partial charge in [-0.25, -0.2) is 4.79 Å². The summed E-state index contributed by atoms with van der Waals surface area (Å²) in [5, 5.41) is 9.54. The number of carbonyl (C=O) groups excluding carboxylic acids is 1. The summed E-state index contributed by atoms with van der Waals surface area (Å²) >= 11 is 0. The number of aryl methyl sites for hydroxylation is 2. The van der Waals surface area contributed by atoms with Crippen LogP contribution in [0.4, 0.5) is 0 Å². The first-order valence-corrected chi connectivity index (χ1v) is 8.21. The fraction of sp³-hybridized carbons (Fsp3) is 0.421. The van der Waals surface area contributed by atoms with Crippen LogP contribution >= 0.6 is 0 Å². The molecule has 6 nitrogen and oxygen atoms in total. The van der Waals surface area contributed by atoms with Gasteiger partial charge < -0.3 is 14.1 Å². The number of ether oxygens (including phenoxy) is 1. The number of nitriles is 1. The van der Waals surface area contributed by atoms with Gasteiger partial charge in [-0.1, -0.05) is 0 Å². The quantitative estimate of drug-likeness (QED) is 0.802. The number of likely N-dealkylation sites (tertiary alicyclic amines) is 1. The lowest BCUT2D eigenvalue weighted by Crippen LogP contribution is -2.53. The number of fused-ring (bicyclic) bond motifs is 1. The Balaban J connectivity index is 1.93. The molecule has 6 heteroatoms. The van der Waals surface area contributed by atoms with Crippen LogP contribution in [0.25, 0.3) is 11.0 Å². The lowest BCUT2D eigenvalue weighted by Gasteiger charge is -2.36. The van der Waals surface area contributed by atoms with Gasteiger partial charge in [0.1, 0.15) is 11.3 Å². The minimum atomic E-state index is -0.684. The molecule has 1 aliphatic rings. The van der Waals surface area contributed by atoms with E-state index in [9.17, 15) is 9.59 Å². The first-order valence-electron chi connectivity index (χ1n) is 8.21. The third-order valence-electron chi connectivity index (χ3n) is 4.68. The number of benzene rings is 1. The summed E-state index contributed by atoms with van der Waals surface area (Å²) < 4.78 is 11.3. The second-order valence-corrected chi connectivity index (χ2v) is 6.61. The molecular weight excluding hydrogens is 320 g/mol. The van der Waals surface area contributed by atoms with Crippen LogP contribution in [-0.4, -0.2) is 30.0 Å². The average molecular weight is 340 g/mol. The third kappa shape index (κ3) is 2.98. The minimum Gasteiger partial charge on any atom is -0.480 e. The van der Waals surface area contributed by atoms with Gasteiger partial charge in [-0.05, 0) is 51.0 Å². The summed E-state index contributed by atoms with van der Waals surface area (Å²) in [6.07, 6.45) is -0.684. The molecule has 3 rings (SSSR count). The first-order chi connectivity index (χ1) is 11.8. The van der Waals surface area contributed by atoms with Crippen molar-refractivity contribution in [2.24, 2.45) is 5.92 Å². The van der Waals surface area contributed by atoms with E-state index in [1.807, 2.05) is 19.9 Å². The fourth-order valence-corrected chi connectivity index (χ4v) is 3.02. The topological polar surface area (TPSA) is 83.5 Å². The van der Waals surface area contributed by atoms with Gasteiger partial charge in [-0.3, -0.25) is 4.79 Å². The Morgan fingerprint density at radius 1 is 1.32 bits per heavy atom. The predicted molar refractivity (Wildman–Crippen MR) is 92.5 cm³/mol. The molecular formula is C19H20N2O4. The smallest absolute Gasteiger partial charge is 0.339 e. The van der Waals surface area contributed by atoms with Crippen molar-refractivity contribution < 1.29 is 13.9 Å². The number of hydrogen-bond donors (Lipinski definition) is 0. The minimum absolute atomic E-state index is 0.0879. The summed E-state index contributed by atoms with van der Waals surface area (Å²) in [6.45, 7) is 8.02. The SMILES string of the molecule is Cc1cc(OC(C)C(=O)N2CC(C#N)C2)c2c(C)c(C)c(=O)oc2c1. The van der Waals surface area contributed by atoms with E-state index in [0.29, 0.717) is 35.4 Å². The maximum Gasteiger partial charge on any atom is 0.339 e. The van der Waals surface area contributed by atoms with E-state index in [2.05, 4.69) is 6.07 Å². The molecule has 130 valence electrons. The van der Waals surface area contributed by atoms with Gasteiger partial charge in [0.15, 0.2) is 6.10 Å². The highest BCUT2D eigenvalue weighted by Crippen LogP contribution is 2.32. The van der Waals surface area contributed by atoms with Gasteiger partial charge in [0.25, 0.3) is 5.91 Å². The molecule has 0 radical (unpaired) electrons. The van der Waals surface area contributed by atoms with Crippen LogP contribution in [0.3, 0.4) is 0 Å². The van der Waals surface area contributed by atoms with Gasteiger partial charge in [0.2, 0.25) is 0 Å². The van der Waals surface area contributed by atoms with Crippen LogP contribution in [-0.2, 0) is 4.79 Å². The predicted octanol–water partition coefficient (Wildman–Crippen LogP) is 2.47. The van der Waals surface area contributed by atoms with Crippen LogP contribution in [0.2, 0.25) is 0 Å². The molecule has 0 bridgehead atoms.